The van der Waals surface area contributed by atoms with Crippen molar-refractivity contribution in [3.63, 3.8) is 0 Å². The molecule has 0 aliphatic rings. The van der Waals surface area contributed by atoms with Crippen molar-refractivity contribution >= 4 is 16.9 Å². The highest BCUT2D eigenvalue weighted by Crippen LogP contribution is 2.14. The van der Waals surface area contributed by atoms with E-state index >= 15 is 0 Å². The number of aryl methyl sites for hydroxylation is 3. The fourth-order valence-electron chi connectivity index (χ4n) is 2.55. The number of hydrogen-bond acceptors (Lipinski definition) is 2. The first-order chi connectivity index (χ1) is 10.5. The molecule has 0 saturated carbocycles. The zero-order valence-electron chi connectivity index (χ0n) is 13.1. The third-order valence-corrected chi connectivity index (χ3v) is 3.88. The maximum atomic E-state index is 12.3. The van der Waals surface area contributed by atoms with Gasteiger partial charge in [-0.2, -0.15) is 0 Å². The fourth-order valence-corrected chi connectivity index (χ4v) is 2.55. The van der Waals surface area contributed by atoms with Gasteiger partial charge in [-0.1, -0.05) is 23.8 Å². The van der Waals surface area contributed by atoms with Crippen LogP contribution in [0.15, 0.2) is 42.7 Å². The Kier molecular flexibility index (Phi) is 3.67. The molecule has 1 amide bonds. The maximum absolute atomic E-state index is 12.3. The molecular weight excluding hydrogens is 274 g/mol. The minimum absolute atomic E-state index is 0.0395. The van der Waals surface area contributed by atoms with Crippen LogP contribution < -0.4 is 5.32 Å². The van der Waals surface area contributed by atoms with Gasteiger partial charge in [0.05, 0.1) is 17.4 Å². The zero-order chi connectivity index (χ0) is 15.7. The molecule has 0 fully saturated rings. The van der Waals surface area contributed by atoms with Crippen molar-refractivity contribution in [1.82, 2.24) is 14.9 Å². The van der Waals surface area contributed by atoms with Gasteiger partial charge in [0.25, 0.3) is 5.91 Å². The van der Waals surface area contributed by atoms with Gasteiger partial charge < -0.3 is 9.88 Å². The summed E-state index contributed by atoms with van der Waals surface area (Å²) in [7, 11) is 1.97. The number of benzene rings is 2. The van der Waals surface area contributed by atoms with E-state index < -0.39 is 0 Å². The van der Waals surface area contributed by atoms with E-state index in [1.54, 1.807) is 6.33 Å². The molecule has 0 radical (unpaired) electrons. The third-order valence-electron chi connectivity index (χ3n) is 3.88. The van der Waals surface area contributed by atoms with Gasteiger partial charge in [0.15, 0.2) is 0 Å². The molecule has 0 aliphatic heterocycles. The van der Waals surface area contributed by atoms with E-state index in [0.717, 1.165) is 33.3 Å². The van der Waals surface area contributed by atoms with Crippen molar-refractivity contribution in [1.29, 1.82) is 0 Å². The number of fused-ring (bicyclic) bond motifs is 1. The molecule has 4 nitrogen and oxygen atoms in total. The normalized spacial score (nSPS) is 10.9. The Bertz CT molecular complexity index is 849. The van der Waals surface area contributed by atoms with Crippen LogP contribution in [-0.4, -0.2) is 15.5 Å². The van der Waals surface area contributed by atoms with Gasteiger partial charge in [-0.3, -0.25) is 4.79 Å². The van der Waals surface area contributed by atoms with Crippen LogP contribution in [0.2, 0.25) is 0 Å². The molecule has 0 atom stereocenters. The lowest BCUT2D eigenvalue weighted by atomic mass is 10.0. The molecule has 4 heteroatoms. The molecule has 1 heterocycles. The Morgan fingerprint density at radius 1 is 1.18 bits per heavy atom. The molecule has 3 rings (SSSR count). The Balaban J connectivity index is 1.75. The molecule has 0 aliphatic carbocycles. The predicted molar refractivity (Wildman–Crippen MR) is 87.8 cm³/mol. The van der Waals surface area contributed by atoms with Crippen molar-refractivity contribution in [2.24, 2.45) is 7.05 Å². The van der Waals surface area contributed by atoms with Crippen molar-refractivity contribution < 1.29 is 4.79 Å². The molecule has 0 spiro atoms. The maximum Gasteiger partial charge on any atom is 0.251 e. The average molecular weight is 293 g/mol. The number of imidazole rings is 1. The lowest BCUT2D eigenvalue weighted by molar-refractivity contribution is 0.0950. The van der Waals surface area contributed by atoms with Gasteiger partial charge in [-0.25, -0.2) is 4.98 Å². The summed E-state index contributed by atoms with van der Waals surface area (Å²) in [5.74, 6) is -0.0395. The van der Waals surface area contributed by atoms with E-state index in [1.807, 2.05) is 61.9 Å². The Hall–Kier alpha value is -2.62. The molecule has 22 heavy (non-hydrogen) atoms. The standard InChI is InChI=1S/C18H19N3O/c1-12-4-5-13(2)15(8-12)18(22)19-10-14-6-7-17-16(9-14)20-11-21(17)3/h4-9,11H,10H2,1-3H3,(H,19,22). The summed E-state index contributed by atoms with van der Waals surface area (Å²) >= 11 is 0. The van der Waals surface area contributed by atoms with E-state index in [0.29, 0.717) is 6.54 Å². The minimum atomic E-state index is -0.0395. The van der Waals surface area contributed by atoms with Crippen LogP contribution in [0.1, 0.15) is 27.0 Å². The highest BCUT2D eigenvalue weighted by molar-refractivity contribution is 5.95. The van der Waals surface area contributed by atoms with Crippen molar-refractivity contribution in [3.05, 3.63) is 65.0 Å². The van der Waals surface area contributed by atoms with E-state index in [1.165, 1.54) is 0 Å². The third kappa shape index (κ3) is 2.72. The molecule has 0 saturated heterocycles. The van der Waals surface area contributed by atoms with Crippen molar-refractivity contribution in [3.8, 4) is 0 Å². The lowest BCUT2D eigenvalue weighted by Crippen LogP contribution is -2.23. The molecular formula is C18H19N3O. The number of hydrogen-bond donors (Lipinski definition) is 1. The Labute approximate surface area is 129 Å². The summed E-state index contributed by atoms with van der Waals surface area (Å²) in [5, 5.41) is 2.98. The minimum Gasteiger partial charge on any atom is -0.348 e. The summed E-state index contributed by atoms with van der Waals surface area (Å²) in [6, 6.07) is 12.0. The highest BCUT2D eigenvalue weighted by atomic mass is 16.1. The Morgan fingerprint density at radius 3 is 2.82 bits per heavy atom. The summed E-state index contributed by atoms with van der Waals surface area (Å²) < 4.78 is 1.98. The Morgan fingerprint density at radius 2 is 2.00 bits per heavy atom. The van der Waals surface area contributed by atoms with Gasteiger partial charge >= 0.3 is 0 Å². The molecule has 2 aromatic carbocycles. The van der Waals surface area contributed by atoms with E-state index in [-0.39, 0.29) is 5.91 Å². The van der Waals surface area contributed by atoms with Crippen LogP contribution >= 0.6 is 0 Å². The van der Waals surface area contributed by atoms with Crippen LogP contribution in [0, 0.1) is 13.8 Å². The van der Waals surface area contributed by atoms with Crippen molar-refractivity contribution in [2.75, 3.05) is 0 Å². The smallest absolute Gasteiger partial charge is 0.251 e. The van der Waals surface area contributed by atoms with Crippen LogP contribution in [0.25, 0.3) is 11.0 Å². The SMILES string of the molecule is Cc1ccc(C)c(C(=O)NCc2ccc3c(c2)ncn3C)c1. The van der Waals surface area contributed by atoms with Gasteiger partial charge in [0, 0.05) is 19.2 Å². The number of rotatable bonds is 3. The number of aromatic nitrogens is 2. The summed E-state index contributed by atoms with van der Waals surface area (Å²) in [6.45, 7) is 4.44. The second-order valence-corrected chi connectivity index (χ2v) is 5.68. The van der Waals surface area contributed by atoms with Gasteiger partial charge in [-0.05, 0) is 43.2 Å². The first-order valence-electron chi connectivity index (χ1n) is 7.30. The predicted octanol–water partition coefficient (Wildman–Crippen LogP) is 3.12. The molecule has 0 bridgehead atoms. The average Bonchev–Trinajstić information content (AvgIpc) is 2.88. The van der Waals surface area contributed by atoms with Crippen LogP contribution in [0.5, 0.6) is 0 Å². The monoisotopic (exact) mass is 293 g/mol. The van der Waals surface area contributed by atoms with E-state index in [9.17, 15) is 4.79 Å². The molecule has 1 aromatic heterocycles. The second kappa shape index (κ2) is 5.64. The van der Waals surface area contributed by atoms with Crippen LogP contribution in [0.3, 0.4) is 0 Å². The van der Waals surface area contributed by atoms with Gasteiger partial charge in [-0.15, -0.1) is 0 Å². The van der Waals surface area contributed by atoms with E-state index in [4.69, 9.17) is 0 Å². The fraction of sp³-hybridized carbons (Fsp3) is 0.222. The number of carbonyl (C=O) groups excluding carboxylic acids is 1. The van der Waals surface area contributed by atoms with Crippen LogP contribution in [-0.2, 0) is 13.6 Å². The molecule has 1 N–H and O–H groups in total. The van der Waals surface area contributed by atoms with Gasteiger partial charge in [0.2, 0.25) is 0 Å². The van der Waals surface area contributed by atoms with Crippen molar-refractivity contribution in [2.45, 2.75) is 20.4 Å². The second-order valence-electron chi connectivity index (χ2n) is 5.68. The number of nitrogens with zero attached hydrogens (tertiary/aromatic N) is 2. The topological polar surface area (TPSA) is 46.9 Å². The lowest BCUT2D eigenvalue weighted by Gasteiger charge is -2.09. The first kappa shape index (κ1) is 14.3. The number of amides is 1. The molecule has 0 unspecified atom stereocenters. The molecule has 112 valence electrons. The van der Waals surface area contributed by atoms with E-state index in [2.05, 4.69) is 10.3 Å². The summed E-state index contributed by atoms with van der Waals surface area (Å²) in [5.41, 5.74) is 5.89. The summed E-state index contributed by atoms with van der Waals surface area (Å²) in [4.78, 5) is 16.7. The highest BCUT2D eigenvalue weighted by Gasteiger charge is 2.09. The first-order valence-corrected chi connectivity index (χ1v) is 7.30. The van der Waals surface area contributed by atoms with Crippen LogP contribution in [0.4, 0.5) is 0 Å². The number of nitrogens with one attached hydrogen (secondary N) is 1. The summed E-state index contributed by atoms with van der Waals surface area (Å²) in [6.07, 6.45) is 1.79. The largest absolute Gasteiger partial charge is 0.348 e. The van der Waals surface area contributed by atoms with Gasteiger partial charge in [0.1, 0.15) is 0 Å². The quantitative estimate of drug-likeness (QED) is 0.806. The zero-order valence-corrected chi connectivity index (χ0v) is 13.1. The number of carbonyl (C=O) groups is 1. The molecule has 3 aromatic rings.